The van der Waals surface area contributed by atoms with Gasteiger partial charge >= 0.3 is 0 Å². The Kier molecular flexibility index (Phi) is 3.63. The molecule has 2 aromatic heterocycles. The van der Waals surface area contributed by atoms with Gasteiger partial charge in [-0.05, 0) is 29.1 Å². The minimum Gasteiger partial charge on any atom is -0.311 e. The molecule has 0 saturated heterocycles. The first-order chi connectivity index (χ1) is 11.7. The Labute approximate surface area is 143 Å². The zero-order valence-electron chi connectivity index (χ0n) is 12.8. The van der Waals surface area contributed by atoms with Crippen molar-refractivity contribution in [2.24, 2.45) is 0 Å². The van der Waals surface area contributed by atoms with Crippen LogP contribution >= 0.6 is 11.3 Å². The number of carbonyl (C=O) groups is 1. The summed E-state index contributed by atoms with van der Waals surface area (Å²) in [6, 6.07) is 13.6. The van der Waals surface area contributed by atoms with Crippen LogP contribution in [0, 0.1) is 11.3 Å². The van der Waals surface area contributed by atoms with Gasteiger partial charge in [-0.2, -0.15) is 10.4 Å². The summed E-state index contributed by atoms with van der Waals surface area (Å²) in [7, 11) is 0. The van der Waals surface area contributed by atoms with E-state index in [-0.39, 0.29) is 11.8 Å². The number of nitrogens with zero attached hydrogens (tertiary/aromatic N) is 3. The molecule has 6 heteroatoms. The lowest BCUT2D eigenvalue weighted by Crippen LogP contribution is -2.25. The van der Waals surface area contributed by atoms with E-state index in [1.165, 1.54) is 4.88 Å². The molecule has 0 radical (unpaired) electrons. The van der Waals surface area contributed by atoms with E-state index < -0.39 is 0 Å². The molecule has 0 aliphatic carbocycles. The van der Waals surface area contributed by atoms with Crippen LogP contribution in [0.2, 0.25) is 0 Å². The number of nitriles is 1. The van der Waals surface area contributed by atoms with E-state index in [2.05, 4.69) is 22.6 Å². The van der Waals surface area contributed by atoms with E-state index in [9.17, 15) is 4.79 Å². The van der Waals surface area contributed by atoms with Crippen molar-refractivity contribution in [3.05, 3.63) is 69.5 Å². The van der Waals surface area contributed by atoms with Gasteiger partial charge < -0.3 is 5.32 Å². The Balaban J connectivity index is 1.70. The molecule has 1 N–H and O–H groups in total. The summed E-state index contributed by atoms with van der Waals surface area (Å²) >= 11 is 1.67. The molecule has 0 fully saturated rings. The third-order valence-electron chi connectivity index (χ3n) is 4.22. The Morgan fingerprint density at radius 2 is 2.17 bits per heavy atom. The maximum Gasteiger partial charge on any atom is 0.226 e. The van der Waals surface area contributed by atoms with Crippen LogP contribution < -0.4 is 5.32 Å². The zero-order valence-corrected chi connectivity index (χ0v) is 13.6. The van der Waals surface area contributed by atoms with Gasteiger partial charge in [-0.15, -0.1) is 11.3 Å². The molecule has 5 nitrogen and oxygen atoms in total. The quantitative estimate of drug-likeness (QED) is 0.798. The normalized spacial score (nSPS) is 16.3. The van der Waals surface area contributed by atoms with Crippen LogP contribution in [0.4, 0.5) is 5.82 Å². The molecule has 4 rings (SSSR count). The molecule has 3 heterocycles. The van der Waals surface area contributed by atoms with Crippen molar-refractivity contribution in [3.8, 4) is 6.07 Å². The lowest BCUT2D eigenvalue weighted by Gasteiger charge is -2.23. The fourth-order valence-corrected chi connectivity index (χ4v) is 3.71. The van der Waals surface area contributed by atoms with Crippen molar-refractivity contribution in [2.45, 2.75) is 18.9 Å². The number of anilines is 1. The SMILES string of the molecule is N#Cc1ccc([C@H]2CC(=O)Nc3c2cnn3Cc2cccs2)cc1. The number of nitrogens with one attached hydrogen (secondary N) is 1. The summed E-state index contributed by atoms with van der Waals surface area (Å²) in [5.41, 5.74) is 2.67. The Morgan fingerprint density at radius 1 is 1.33 bits per heavy atom. The number of benzene rings is 1. The van der Waals surface area contributed by atoms with E-state index in [0.717, 1.165) is 16.9 Å². The first kappa shape index (κ1) is 14.7. The van der Waals surface area contributed by atoms with Crippen LogP contribution in [0.5, 0.6) is 0 Å². The second-order valence-electron chi connectivity index (χ2n) is 5.72. The molecular weight excluding hydrogens is 320 g/mol. The molecule has 118 valence electrons. The van der Waals surface area contributed by atoms with Gasteiger partial charge in [0.25, 0.3) is 0 Å². The number of thiophene rings is 1. The van der Waals surface area contributed by atoms with Crippen LogP contribution in [0.3, 0.4) is 0 Å². The molecule has 0 spiro atoms. The molecule has 1 atom stereocenters. The number of fused-ring (bicyclic) bond motifs is 1. The Bertz CT molecular complexity index is 919. The van der Waals surface area contributed by atoms with Crippen molar-refractivity contribution < 1.29 is 4.79 Å². The number of hydrogen-bond acceptors (Lipinski definition) is 4. The molecule has 3 aromatic rings. The minimum absolute atomic E-state index is 0.00945. The van der Waals surface area contributed by atoms with E-state index in [0.29, 0.717) is 18.5 Å². The highest BCUT2D eigenvalue weighted by Crippen LogP contribution is 2.37. The Morgan fingerprint density at radius 3 is 2.88 bits per heavy atom. The molecule has 0 bridgehead atoms. The topological polar surface area (TPSA) is 70.7 Å². The molecule has 1 amide bonds. The van der Waals surface area contributed by atoms with Crippen LogP contribution in [0.15, 0.2) is 48.0 Å². The maximum atomic E-state index is 12.2. The molecule has 1 aromatic carbocycles. The van der Waals surface area contributed by atoms with Crippen molar-refractivity contribution in [1.82, 2.24) is 9.78 Å². The average Bonchev–Trinajstić information content (AvgIpc) is 3.25. The van der Waals surface area contributed by atoms with E-state index in [4.69, 9.17) is 5.26 Å². The number of rotatable bonds is 3. The van der Waals surface area contributed by atoms with Gasteiger partial charge in [0.1, 0.15) is 5.82 Å². The van der Waals surface area contributed by atoms with E-state index in [1.807, 2.05) is 34.5 Å². The first-order valence-electron chi connectivity index (χ1n) is 7.62. The van der Waals surface area contributed by atoms with Crippen molar-refractivity contribution in [2.75, 3.05) is 5.32 Å². The molecular formula is C18H14N4OS. The van der Waals surface area contributed by atoms with Gasteiger partial charge in [-0.25, -0.2) is 4.68 Å². The predicted octanol–water partition coefficient (Wildman–Crippen LogP) is 3.34. The summed E-state index contributed by atoms with van der Waals surface area (Å²) in [6.45, 7) is 0.646. The lowest BCUT2D eigenvalue weighted by atomic mass is 9.87. The third kappa shape index (κ3) is 2.59. The fraction of sp³-hybridized carbons (Fsp3) is 0.167. The summed E-state index contributed by atoms with van der Waals surface area (Å²) in [6.07, 6.45) is 2.23. The molecule has 0 unspecified atom stereocenters. The van der Waals surface area contributed by atoms with E-state index >= 15 is 0 Å². The van der Waals surface area contributed by atoms with Crippen LogP contribution in [-0.4, -0.2) is 15.7 Å². The lowest BCUT2D eigenvalue weighted by molar-refractivity contribution is -0.116. The fourth-order valence-electron chi connectivity index (χ4n) is 3.03. The third-order valence-corrected chi connectivity index (χ3v) is 5.08. The number of hydrogen-bond donors (Lipinski definition) is 1. The standard InChI is InChI=1S/C18H14N4OS/c19-9-12-3-5-13(6-4-12)15-8-17(23)21-18-16(15)10-20-22(18)11-14-2-1-7-24-14/h1-7,10,15H,8,11H2,(H,21,23)/t15-/m1/s1. The van der Waals surface area contributed by atoms with Gasteiger partial charge in [0.15, 0.2) is 0 Å². The molecule has 1 aliphatic heterocycles. The van der Waals surface area contributed by atoms with Crippen LogP contribution in [0.1, 0.15) is 33.9 Å². The number of amides is 1. The molecule has 0 saturated carbocycles. The van der Waals surface area contributed by atoms with Crippen molar-refractivity contribution in [1.29, 1.82) is 5.26 Å². The zero-order chi connectivity index (χ0) is 16.5. The smallest absolute Gasteiger partial charge is 0.226 e. The number of carbonyl (C=O) groups excluding carboxylic acids is 1. The van der Waals surface area contributed by atoms with Crippen molar-refractivity contribution in [3.63, 3.8) is 0 Å². The average molecular weight is 334 g/mol. The van der Waals surface area contributed by atoms with Gasteiger partial charge in [0.2, 0.25) is 5.91 Å². The largest absolute Gasteiger partial charge is 0.311 e. The predicted molar refractivity (Wildman–Crippen MR) is 91.9 cm³/mol. The summed E-state index contributed by atoms with van der Waals surface area (Å²) in [5.74, 6) is 0.734. The molecule has 1 aliphatic rings. The highest BCUT2D eigenvalue weighted by atomic mass is 32.1. The minimum atomic E-state index is -0.0291. The second kappa shape index (κ2) is 5.95. The van der Waals surface area contributed by atoms with E-state index in [1.54, 1.807) is 23.5 Å². The second-order valence-corrected chi connectivity index (χ2v) is 6.76. The number of aromatic nitrogens is 2. The van der Waals surface area contributed by atoms with Gasteiger partial charge in [-0.3, -0.25) is 4.79 Å². The van der Waals surface area contributed by atoms with Gasteiger partial charge in [0.05, 0.1) is 24.4 Å². The highest BCUT2D eigenvalue weighted by Gasteiger charge is 2.29. The summed E-state index contributed by atoms with van der Waals surface area (Å²) in [5, 5.41) is 18.4. The summed E-state index contributed by atoms with van der Waals surface area (Å²) < 4.78 is 1.84. The summed E-state index contributed by atoms with van der Waals surface area (Å²) in [4.78, 5) is 13.4. The highest BCUT2D eigenvalue weighted by molar-refractivity contribution is 7.09. The van der Waals surface area contributed by atoms with Crippen molar-refractivity contribution >= 4 is 23.1 Å². The molecule has 24 heavy (non-hydrogen) atoms. The Hall–Kier alpha value is -2.91. The van der Waals surface area contributed by atoms with Gasteiger partial charge in [0, 0.05) is 22.8 Å². The van der Waals surface area contributed by atoms with Crippen LogP contribution in [0.25, 0.3) is 0 Å². The monoisotopic (exact) mass is 334 g/mol. The maximum absolute atomic E-state index is 12.2. The van der Waals surface area contributed by atoms with Crippen LogP contribution in [-0.2, 0) is 11.3 Å². The first-order valence-corrected chi connectivity index (χ1v) is 8.50. The van der Waals surface area contributed by atoms with Gasteiger partial charge in [-0.1, -0.05) is 18.2 Å².